The molecule has 0 atom stereocenters. The van der Waals surface area contributed by atoms with Crippen molar-refractivity contribution in [2.24, 2.45) is 0 Å². The maximum absolute atomic E-state index is 2.42. The molecule has 0 heterocycles. The average Bonchev–Trinajstić information content (AvgIpc) is 2.40. The minimum absolute atomic E-state index is 0.907. The first-order valence-corrected chi connectivity index (χ1v) is 12.1. The van der Waals surface area contributed by atoms with Gasteiger partial charge in [0.2, 0.25) is 0 Å². The van der Waals surface area contributed by atoms with Crippen LogP contribution in [0.5, 0.6) is 0 Å². The van der Waals surface area contributed by atoms with Gasteiger partial charge in [0.05, 0.1) is 0 Å². The first-order valence-electron chi connectivity index (χ1n) is 9.24. The molecule has 19 heavy (non-hydrogen) atoms. The Kier molecular flexibility index (Phi) is 13.7. The van der Waals surface area contributed by atoms with Crippen LogP contribution in [0.4, 0.5) is 0 Å². The number of hydrogen-bond acceptors (Lipinski definition) is 0. The van der Waals surface area contributed by atoms with Gasteiger partial charge in [-0.1, -0.05) is 0 Å². The molecular formula is C18H41P. The summed E-state index contributed by atoms with van der Waals surface area (Å²) in [5, 5.41) is 0. The van der Waals surface area contributed by atoms with E-state index in [-0.39, 0.29) is 0 Å². The van der Waals surface area contributed by atoms with Crippen LogP contribution < -0.4 is 0 Å². The van der Waals surface area contributed by atoms with E-state index in [1.807, 2.05) is 0 Å². The van der Waals surface area contributed by atoms with Crippen LogP contribution in [0.3, 0.4) is 0 Å². The van der Waals surface area contributed by atoms with Crippen LogP contribution in [0.2, 0.25) is 0 Å². The van der Waals surface area contributed by atoms with Crippen molar-refractivity contribution in [1.29, 1.82) is 0 Å². The molecule has 0 spiro atoms. The summed E-state index contributed by atoms with van der Waals surface area (Å²) in [5.74, 6) is 0. The monoisotopic (exact) mass is 288 g/mol. The summed E-state index contributed by atoms with van der Waals surface area (Å²) in [6.07, 6.45) is 21.2. The van der Waals surface area contributed by atoms with Crippen molar-refractivity contribution in [3.05, 3.63) is 0 Å². The van der Waals surface area contributed by atoms with E-state index >= 15 is 0 Å². The van der Waals surface area contributed by atoms with Crippen molar-refractivity contribution in [2.75, 3.05) is 24.6 Å². The van der Waals surface area contributed by atoms with Gasteiger partial charge in [-0.25, -0.2) is 0 Å². The van der Waals surface area contributed by atoms with E-state index in [4.69, 9.17) is 0 Å². The molecule has 0 N–H and O–H groups in total. The summed E-state index contributed by atoms with van der Waals surface area (Å²) < 4.78 is 0. The molecule has 0 aromatic carbocycles. The summed E-state index contributed by atoms with van der Waals surface area (Å²) in [5.41, 5.74) is 0. The van der Waals surface area contributed by atoms with Gasteiger partial charge in [-0.2, -0.15) is 0 Å². The second-order valence-electron chi connectivity index (χ2n) is 6.62. The SMILES string of the molecule is CCCCC[PH](CCC)(CCCCC)CCCCC. The van der Waals surface area contributed by atoms with Crippen molar-refractivity contribution in [3.8, 4) is 0 Å². The molecular weight excluding hydrogens is 247 g/mol. The van der Waals surface area contributed by atoms with Gasteiger partial charge in [0.25, 0.3) is 0 Å². The van der Waals surface area contributed by atoms with Crippen molar-refractivity contribution in [3.63, 3.8) is 0 Å². The van der Waals surface area contributed by atoms with E-state index in [2.05, 4.69) is 27.7 Å². The van der Waals surface area contributed by atoms with Crippen molar-refractivity contribution in [2.45, 2.75) is 91.9 Å². The first-order chi connectivity index (χ1) is 9.24. The van der Waals surface area contributed by atoms with Crippen molar-refractivity contribution < 1.29 is 0 Å². The zero-order valence-corrected chi connectivity index (χ0v) is 15.4. The molecule has 0 bridgehead atoms. The van der Waals surface area contributed by atoms with E-state index in [0.717, 1.165) is 0 Å². The summed E-state index contributed by atoms with van der Waals surface area (Å²) in [7, 11) is -0.907. The fourth-order valence-corrected chi connectivity index (χ4v) is 9.09. The molecule has 0 saturated heterocycles. The molecule has 0 aromatic rings. The zero-order valence-electron chi connectivity index (χ0n) is 14.4. The van der Waals surface area contributed by atoms with Crippen LogP contribution >= 0.6 is 7.26 Å². The minimum atomic E-state index is -0.907. The molecule has 0 unspecified atom stereocenters. The van der Waals surface area contributed by atoms with Crippen molar-refractivity contribution in [1.82, 2.24) is 0 Å². The Bertz CT molecular complexity index is 150. The Labute approximate surface area is 124 Å². The van der Waals surface area contributed by atoms with E-state index < -0.39 is 7.26 Å². The molecule has 0 aromatic heterocycles. The van der Waals surface area contributed by atoms with Crippen molar-refractivity contribution >= 4 is 7.26 Å². The number of hydrogen-bond donors (Lipinski definition) is 0. The average molecular weight is 288 g/mol. The standard InChI is InChI=1S/C18H41P/c1-5-9-12-16-19(15-8-4,17-13-10-6-2)18-14-11-7-3/h19H,5-18H2,1-4H3. The van der Waals surface area contributed by atoms with Crippen LogP contribution in [0, 0.1) is 0 Å². The molecule has 1 heteroatoms. The van der Waals surface area contributed by atoms with Crippen LogP contribution in [-0.4, -0.2) is 24.6 Å². The normalized spacial score (nSPS) is 12.8. The Hall–Kier alpha value is 0.430. The molecule has 0 rings (SSSR count). The molecule has 0 fully saturated rings. The van der Waals surface area contributed by atoms with Gasteiger partial charge in [0.1, 0.15) is 0 Å². The fourth-order valence-electron chi connectivity index (χ4n) is 3.53. The van der Waals surface area contributed by atoms with E-state index in [1.165, 1.54) is 64.2 Å². The van der Waals surface area contributed by atoms with Crippen LogP contribution in [0.25, 0.3) is 0 Å². The van der Waals surface area contributed by atoms with Gasteiger partial charge >= 0.3 is 124 Å². The van der Waals surface area contributed by atoms with Crippen LogP contribution in [0.15, 0.2) is 0 Å². The molecule has 0 radical (unpaired) electrons. The first kappa shape index (κ1) is 19.4. The van der Waals surface area contributed by atoms with Gasteiger partial charge < -0.3 is 0 Å². The van der Waals surface area contributed by atoms with Gasteiger partial charge in [0.15, 0.2) is 0 Å². The third-order valence-corrected chi connectivity index (χ3v) is 10.5. The summed E-state index contributed by atoms with van der Waals surface area (Å²) in [6, 6.07) is 0. The zero-order chi connectivity index (χ0) is 14.4. The molecule has 0 amide bonds. The van der Waals surface area contributed by atoms with Crippen LogP contribution in [-0.2, 0) is 0 Å². The third-order valence-electron chi connectivity index (χ3n) is 4.71. The molecule has 0 aliphatic rings. The van der Waals surface area contributed by atoms with Gasteiger partial charge in [-0.3, -0.25) is 0 Å². The molecule has 0 aliphatic heterocycles. The quantitative estimate of drug-likeness (QED) is 0.246. The fraction of sp³-hybridized carbons (Fsp3) is 1.00. The van der Waals surface area contributed by atoms with Gasteiger partial charge in [-0.05, 0) is 0 Å². The topological polar surface area (TPSA) is 0 Å². The Morgan fingerprint density at radius 3 is 1.05 bits per heavy atom. The predicted molar refractivity (Wildman–Crippen MR) is 96.6 cm³/mol. The summed E-state index contributed by atoms with van der Waals surface area (Å²) in [4.78, 5) is 0. The third kappa shape index (κ3) is 9.89. The van der Waals surface area contributed by atoms with Gasteiger partial charge in [0, 0.05) is 0 Å². The molecule has 0 aliphatic carbocycles. The number of unbranched alkanes of at least 4 members (excludes halogenated alkanes) is 6. The predicted octanol–water partition coefficient (Wildman–Crippen LogP) is 6.72. The molecule has 118 valence electrons. The molecule has 0 saturated carbocycles. The van der Waals surface area contributed by atoms with E-state index in [1.54, 1.807) is 24.6 Å². The number of rotatable bonds is 14. The second kappa shape index (κ2) is 13.4. The Balaban J connectivity index is 4.37. The van der Waals surface area contributed by atoms with Gasteiger partial charge in [-0.15, -0.1) is 0 Å². The Morgan fingerprint density at radius 1 is 0.421 bits per heavy atom. The maximum atomic E-state index is 2.42. The van der Waals surface area contributed by atoms with Crippen LogP contribution in [0.1, 0.15) is 91.9 Å². The van der Waals surface area contributed by atoms with E-state index in [9.17, 15) is 0 Å². The Morgan fingerprint density at radius 2 is 0.789 bits per heavy atom. The summed E-state index contributed by atoms with van der Waals surface area (Å²) >= 11 is 0. The second-order valence-corrected chi connectivity index (χ2v) is 11.6. The van der Waals surface area contributed by atoms with E-state index in [0.29, 0.717) is 0 Å². The molecule has 0 nitrogen and oxygen atoms in total. The summed E-state index contributed by atoms with van der Waals surface area (Å²) in [6.45, 7) is 9.45.